The van der Waals surface area contributed by atoms with Crippen molar-refractivity contribution in [2.24, 2.45) is 5.92 Å². The summed E-state index contributed by atoms with van der Waals surface area (Å²) in [5.41, 5.74) is 2.01. The number of nitrogens with one attached hydrogen (secondary N) is 1. The van der Waals surface area contributed by atoms with E-state index in [4.69, 9.17) is 4.98 Å². The minimum atomic E-state index is 0.245. The number of imidazole rings is 1. The first kappa shape index (κ1) is 11.6. The number of fused-ring (bicyclic) bond motifs is 1. The van der Waals surface area contributed by atoms with Crippen LogP contribution in [0.1, 0.15) is 51.8 Å². The van der Waals surface area contributed by atoms with Gasteiger partial charge >= 0.3 is 0 Å². The van der Waals surface area contributed by atoms with E-state index in [2.05, 4.69) is 28.8 Å². The molecule has 3 rings (SSSR count). The third kappa shape index (κ3) is 1.89. The largest absolute Gasteiger partial charge is 0.339 e. The SMILES string of the molecule is CC(C)CC1(c2nc3ncncc3[nH]2)CCCC1. The van der Waals surface area contributed by atoms with Gasteiger partial charge in [0.25, 0.3) is 0 Å². The van der Waals surface area contributed by atoms with E-state index in [9.17, 15) is 0 Å². The summed E-state index contributed by atoms with van der Waals surface area (Å²) in [4.78, 5) is 16.4. The molecular formula is C14H20N4. The standard InChI is InChI=1S/C14H20N4/c1-10(2)7-14(5-3-4-6-14)13-17-11-8-15-9-16-12(11)18-13/h8-10H,3-7H2,1-2H3,(H,15,16,17,18). The minimum Gasteiger partial charge on any atom is -0.339 e. The Morgan fingerprint density at radius 1 is 1.33 bits per heavy atom. The van der Waals surface area contributed by atoms with Crippen molar-refractivity contribution in [2.75, 3.05) is 0 Å². The second kappa shape index (κ2) is 4.34. The topological polar surface area (TPSA) is 54.5 Å². The number of nitrogens with zero attached hydrogens (tertiary/aromatic N) is 3. The van der Waals surface area contributed by atoms with E-state index in [0.717, 1.165) is 17.0 Å². The molecule has 0 spiro atoms. The van der Waals surface area contributed by atoms with Crippen molar-refractivity contribution < 1.29 is 0 Å². The average Bonchev–Trinajstić information content (AvgIpc) is 2.94. The molecule has 0 unspecified atom stereocenters. The Morgan fingerprint density at radius 2 is 2.11 bits per heavy atom. The van der Waals surface area contributed by atoms with Crippen molar-refractivity contribution in [3.8, 4) is 0 Å². The van der Waals surface area contributed by atoms with Crippen LogP contribution in [0.15, 0.2) is 12.5 Å². The predicted molar refractivity (Wildman–Crippen MR) is 71.3 cm³/mol. The fourth-order valence-corrected chi connectivity index (χ4v) is 3.38. The monoisotopic (exact) mass is 244 g/mol. The van der Waals surface area contributed by atoms with Gasteiger partial charge in [0.2, 0.25) is 0 Å². The Labute approximate surface area is 107 Å². The maximum Gasteiger partial charge on any atom is 0.180 e. The van der Waals surface area contributed by atoms with Crippen molar-refractivity contribution in [2.45, 2.75) is 51.4 Å². The molecule has 0 atom stereocenters. The second-order valence-corrected chi connectivity index (χ2v) is 5.93. The summed E-state index contributed by atoms with van der Waals surface area (Å²) in [5.74, 6) is 1.83. The molecule has 1 saturated carbocycles. The fraction of sp³-hybridized carbons (Fsp3) is 0.643. The molecule has 0 saturated heterocycles. The number of rotatable bonds is 3. The Kier molecular flexibility index (Phi) is 2.80. The number of aromatic nitrogens is 4. The lowest BCUT2D eigenvalue weighted by Gasteiger charge is -2.28. The Morgan fingerprint density at radius 3 is 2.78 bits per heavy atom. The van der Waals surface area contributed by atoms with E-state index in [1.807, 2.05) is 6.20 Å². The van der Waals surface area contributed by atoms with Crippen LogP contribution in [-0.2, 0) is 5.41 Å². The van der Waals surface area contributed by atoms with Crippen LogP contribution in [0, 0.1) is 5.92 Å². The Bertz CT molecular complexity index is 504. The van der Waals surface area contributed by atoms with E-state index in [1.54, 1.807) is 6.33 Å². The first-order valence-corrected chi connectivity index (χ1v) is 6.86. The third-order valence-corrected chi connectivity index (χ3v) is 4.02. The van der Waals surface area contributed by atoms with Crippen LogP contribution < -0.4 is 0 Å². The molecule has 96 valence electrons. The van der Waals surface area contributed by atoms with Gasteiger partial charge in [-0.25, -0.2) is 15.0 Å². The molecular weight excluding hydrogens is 224 g/mol. The molecule has 0 bridgehead atoms. The molecule has 2 aromatic rings. The van der Waals surface area contributed by atoms with Gasteiger partial charge in [-0.3, -0.25) is 0 Å². The van der Waals surface area contributed by atoms with E-state index in [-0.39, 0.29) is 5.41 Å². The van der Waals surface area contributed by atoms with E-state index < -0.39 is 0 Å². The number of hydrogen-bond acceptors (Lipinski definition) is 3. The summed E-state index contributed by atoms with van der Waals surface area (Å²) < 4.78 is 0. The third-order valence-electron chi connectivity index (χ3n) is 4.02. The van der Waals surface area contributed by atoms with Gasteiger partial charge in [0, 0.05) is 5.41 Å². The minimum absolute atomic E-state index is 0.245. The van der Waals surface area contributed by atoms with Gasteiger partial charge in [-0.2, -0.15) is 0 Å². The molecule has 1 aliphatic rings. The van der Waals surface area contributed by atoms with Crippen LogP contribution in [0.4, 0.5) is 0 Å². The Balaban J connectivity index is 2.04. The van der Waals surface area contributed by atoms with Gasteiger partial charge in [-0.1, -0.05) is 26.7 Å². The summed E-state index contributed by atoms with van der Waals surface area (Å²) in [7, 11) is 0. The van der Waals surface area contributed by atoms with Crippen LogP contribution in [0.2, 0.25) is 0 Å². The second-order valence-electron chi connectivity index (χ2n) is 5.93. The van der Waals surface area contributed by atoms with Gasteiger partial charge in [0.1, 0.15) is 17.7 Å². The van der Waals surface area contributed by atoms with Crippen LogP contribution in [-0.4, -0.2) is 19.9 Å². The molecule has 2 aromatic heterocycles. The van der Waals surface area contributed by atoms with Gasteiger partial charge in [0.05, 0.1) is 6.20 Å². The molecule has 0 radical (unpaired) electrons. The highest BCUT2D eigenvalue weighted by molar-refractivity contribution is 5.69. The highest BCUT2D eigenvalue weighted by Gasteiger charge is 2.38. The fourth-order valence-electron chi connectivity index (χ4n) is 3.38. The average molecular weight is 244 g/mol. The highest BCUT2D eigenvalue weighted by Crippen LogP contribution is 2.44. The molecule has 1 fully saturated rings. The normalized spacial score (nSPS) is 18.8. The van der Waals surface area contributed by atoms with Crippen molar-refractivity contribution >= 4 is 11.2 Å². The zero-order valence-electron chi connectivity index (χ0n) is 11.1. The lowest BCUT2D eigenvalue weighted by Crippen LogP contribution is -2.25. The van der Waals surface area contributed by atoms with Crippen molar-refractivity contribution in [1.82, 2.24) is 19.9 Å². The first-order valence-electron chi connectivity index (χ1n) is 6.86. The van der Waals surface area contributed by atoms with Crippen LogP contribution in [0.3, 0.4) is 0 Å². The quantitative estimate of drug-likeness (QED) is 0.902. The maximum atomic E-state index is 4.71. The van der Waals surface area contributed by atoms with Gasteiger partial charge in [-0.15, -0.1) is 0 Å². The van der Waals surface area contributed by atoms with Gasteiger partial charge in [-0.05, 0) is 25.2 Å². The van der Waals surface area contributed by atoms with Crippen molar-refractivity contribution in [1.29, 1.82) is 0 Å². The van der Waals surface area contributed by atoms with Gasteiger partial charge < -0.3 is 4.98 Å². The number of aromatic amines is 1. The van der Waals surface area contributed by atoms with Crippen LogP contribution in [0.5, 0.6) is 0 Å². The molecule has 1 aliphatic carbocycles. The molecule has 4 nitrogen and oxygen atoms in total. The summed E-state index contributed by atoms with van der Waals surface area (Å²) in [6.45, 7) is 4.59. The van der Waals surface area contributed by atoms with Crippen LogP contribution >= 0.6 is 0 Å². The zero-order chi connectivity index (χ0) is 12.6. The molecule has 1 N–H and O–H groups in total. The molecule has 4 heteroatoms. The summed E-state index contributed by atoms with van der Waals surface area (Å²) >= 11 is 0. The Hall–Kier alpha value is -1.45. The lowest BCUT2D eigenvalue weighted by molar-refractivity contribution is 0.331. The number of hydrogen-bond donors (Lipinski definition) is 1. The van der Waals surface area contributed by atoms with E-state index in [0.29, 0.717) is 5.92 Å². The smallest absolute Gasteiger partial charge is 0.180 e. The van der Waals surface area contributed by atoms with Crippen molar-refractivity contribution in [3.05, 3.63) is 18.3 Å². The first-order chi connectivity index (χ1) is 8.70. The lowest BCUT2D eigenvalue weighted by atomic mass is 9.78. The molecule has 0 aliphatic heterocycles. The molecule has 2 heterocycles. The predicted octanol–water partition coefficient (Wildman–Crippen LogP) is 3.21. The summed E-state index contributed by atoms with van der Waals surface area (Å²) in [6.07, 6.45) is 9.72. The maximum absolute atomic E-state index is 4.71. The number of H-pyrrole nitrogens is 1. The molecule has 18 heavy (non-hydrogen) atoms. The van der Waals surface area contributed by atoms with E-state index in [1.165, 1.54) is 32.1 Å². The zero-order valence-corrected chi connectivity index (χ0v) is 11.1. The van der Waals surface area contributed by atoms with Crippen LogP contribution in [0.25, 0.3) is 11.2 Å². The van der Waals surface area contributed by atoms with Gasteiger partial charge in [0.15, 0.2) is 5.65 Å². The van der Waals surface area contributed by atoms with E-state index >= 15 is 0 Å². The summed E-state index contributed by atoms with van der Waals surface area (Å²) in [5, 5.41) is 0. The van der Waals surface area contributed by atoms with Crippen molar-refractivity contribution in [3.63, 3.8) is 0 Å². The summed E-state index contributed by atoms with van der Waals surface area (Å²) in [6, 6.07) is 0. The molecule has 0 amide bonds. The highest BCUT2D eigenvalue weighted by atomic mass is 15.0. The molecule has 0 aromatic carbocycles.